The van der Waals surface area contributed by atoms with Crippen molar-refractivity contribution >= 4 is 5.96 Å². The Labute approximate surface area is 133 Å². The zero-order valence-electron chi connectivity index (χ0n) is 13.2. The third-order valence-corrected chi connectivity index (χ3v) is 5.21. The number of nitrogens with zero attached hydrogens (tertiary/aromatic N) is 2. The minimum Gasteiger partial charge on any atom is -0.396 e. The highest BCUT2D eigenvalue weighted by molar-refractivity contribution is 5.81. The van der Waals surface area contributed by atoms with Crippen molar-refractivity contribution in [1.82, 2.24) is 4.90 Å². The third kappa shape index (κ3) is 2.84. The molecule has 0 bridgehead atoms. The number of guanidine groups is 1. The van der Waals surface area contributed by atoms with E-state index in [1.165, 1.54) is 37.7 Å². The summed E-state index contributed by atoms with van der Waals surface area (Å²) in [6.07, 6.45) is 7.15. The van der Waals surface area contributed by atoms with Crippen LogP contribution < -0.4 is 5.73 Å². The van der Waals surface area contributed by atoms with Gasteiger partial charge >= 0.3 is 0 Å². The Morgan fingerprint density at radius 1 is 1.18 bits per heavy atom. The fourth-order valence-electron chi connectivity index (χ4n) is 4.06. The summed E-state index contributed by atoms with van der Waals surface area (Å²) in [5.74, 6) is 1.21. The number of hydrogen-bond acceptors (Lipinski definition) is 4. The van der Waals surface area contributed by atoms with E-state index in [2.05, 4.69) is 35.2 Å². The average Bonchev–Trinajstić information content (AvgIpc) is 2.92. The summed E-state index contributed by atoms with van der Waals surface area (Å²) in [7, 11) is 0. The molecule has 1 fully saturated rings. The lowest BCUT2D eigenvalue weighted by molar-refractivity contribution is 0.185. The summed E-state index contributed by atoms with van der Waals surface area (Å²) in [6, 6.07) is 10.6. The molecule has 1 aromatic carbocycles. The van der Waals surface area contributed by atoms with Gasteiger partial charge in [0.2, 0.25) is 0 Å². The summed E-state index contributed by atoms with van der Waals surface area (Å²) < 4.78 is 0. The molecule has 0 spiro atoms. The molecule has 120 valence electrons. The molecule has 0 radical (unpaired) electrons. The van der Waals surface area contributed by atoms with Crippen molar-refractivity contribution in [2.24, 2.45) is 16.6 Å². The first-order valence-electron chi connectivity index (χ1n) is 8.53. The molecule has 1 atom stereocenters. The second-order valence-electron chi connectivity index (χ2n) is 6.59. The van der Waals surface area contributed by atoms with E-state index in [-0.39, 0.29) is 12.1 Å². The number of rotatable bonds is 5. The Morgan fingerprint density at radius 2 is 1.91 bits per heavy atom. The van der Waals surface area contributed by atoms with Gasteiger partial charge in [0.25, 0.3) is 0 Å². The molecule has 3 rings (SSSR count). The molecule has 1 aliphatic heterocycles. The van der Waals surface area contributed by atoms with Crippen LogP contribution >= 0.6 is 0 Å². The van der Waals surface area contributed by atoms with Crippen molar-refractivity contribution in [3.63, 3.8) is 0 Å². The topological polar surface area (TPSA) is 61.8 Å². The van der Waals surface area contributed by atoms with Gasteiger partial charge in [-0.05, 0) is 30.7 Å². The lowest BCUT2D eigenvalue weighted by Gasteiger charge is -2.38. The van der Waals surface area contributed by atoms with E-state index in [1.54, 1.807) is 0 Å². The Hall–Kier alpha value is -1.55. The second-order valence-corrected chi connectivity index (χ2v) is 6.59. The predicted molar refractivity (Wildman–Crippen MR) is 89.6 cm³/mol. The Bertz CT molecular complexity index is 510. The molecule has 1 aliphatic carbocycles. The van der Waals surface area contributed by atoms with E-state index in [1.807, 2.05) is 0 Å². The molecule has 1 aromatic rings. The van der Waals surface area contributed by atoms with Gasteiger partial charge in [0, 0.05) is 13.2 Å². The van der Waals surface area contributed by atoms with Gasteiger partial charge in [0.05, 0.1) is 6.54 Å². The van der Waals surface area contributed by atoms with Crippen molar-refractivity contribution in [2.75, 3.05) is 19.7 Å². The van der Waals surface area contributed by atoms with Crippen LogP contribution in [0.5, 0.6) is 0 Å². The normalized spacial score (nSPS) is 26.2. The second kappa shape index (κ2) is 6.69. The average molecular weight is 301 g/mol. The maximum Gasteiger partial charge on any atom is 0.192 e. The molecule has 0 saturated heterocycles. The van der Waals surface area contributed by atoms with Crippen LogP contribution in [0.4, 0.5) is 0 Å². The summed E-state index contributed by atoms with van der Waals surface area (Å²) >= 11 is 0. The third-order valence-electron chi connectivity index (χ3n) is 5.21. The molecular formula is C18H27N3O. The van der Waals surface area contributed by atoms with Gasteiger partial charge in [-0.3, -0.25) is 0 Å². The van der Waals surface area contributed by atoms with Gasteiger partial charge in [0.15, 0.2) is 5.96 Å². The molecule has 22 heavy (non-hydrogen) atoms. The molecule has 4 heteroatoms. The van der Waals surface area contributed by atoms with Gasteiger partial charge < -0.3 is 15.7 Å². The number of aliphatic hydroxyl groups is 1. The number of hydrogen-bond donors (Lipinski definition) is 2. The molecule has 1 heterocycles. The Morgan fingerprint density at radius 3 is 2.59 bits per heavy atom. The van der Waals surface area contributed by atoms with Gasteiger partial charge in [-0.25, -0.2) is 4.99 Å². The fraction of sp³-hybridized carbons (Fsp3) is 0.611. The first-order valence-corrected chi connectivity index (χ1v) is 8.53. The van der Waals surface area contributed by atoms with Crippen LogP contribution in [0.15, 0.2) is 35.3 Å². The van der Waals surface area contributed by atoms with E-state index in [4.69, 9.17) is 15.8 Å². The molecule has 4 nitrogen and oxygen atoms in total. The van der Waals surface area contributed by atoms with Gasteiger partial charge in [-0.2, -0.15) is 0 Å². The van der Waals surface area contributed by atoms with Crippen molar-refractivity contribution in [3.05, 3.63) is 35.9 Å². The van der Waals surface area contributed by atoms with Crippen molar-refractivity contribution in [1.29, 1.82) is 0 Å². The Kier molecular flexibility index (Phi) is 4.67. The number of benzene rings is 1. The Balaban J connectivity index is 1.91. The van der Waals surface area contributed by atoms with Crippen molar-refractivity contribution < 1.29 is 5.11 Å². The van der Waals surface area contributed by atoms with Crippen LogP contribution in [-0.4, -0.2) is 35.7 Å². The molecule has 1 saturated carbocycles. The zero-order chi connectivity index (χ0) is 15.4. The lowest BCUT2D eigenvalue weighted by Crippen LogP contribution is -2.42. The molecule has 0 aromatic heterocycles. The standard InChI is InChI=1S/C18H27N3O/c19-17-20-18(14-21(17)12-7-13-22,15-8-3-1-4-9-15)16-10-5-2-6-11-16/h1,3-4,8-9,16,22H,2,5-7,10-14H2,(H2,19,20). The first-order chi connectivity index (χ1) is 10.8. The van der Waals surface area contributed by atoms with Crippen LogP contribution in [0.3, 0.4) is 0 Å². The van der Waals surface area contributed by atoms with E-state index >= 15 is 0 Å². The summed E-state index contributed by atoms with van der Waals surface area (Å²) in [5, 5.41) is 9.10. The van der Waals surface area contributed by atoms with Crippen LogP contribution in [-0.2, 0) is 5.54 Å². The van der Waals surface area contributed by atoms with Gasteiger partial charge in [0.1, 0.15) is 5.54 Å². The summed E-state index contributed by atoms with van der Waals surface area (Å²) in [5.41, 5.74) is 7.33. The van der Waals surface area contributed by atoms with Crippen LogP contribution in [0, 0.1) is 5.92 Å². The quantitative estimate of drug-likeness (QED) is 0.878. The minimum absolute atomic E-state index is 0.193. The molecular weight excluding hydrogens is 274 g/mol. The van der Waals surface area contributed by atoms with Crippen molar-refractivity contribution in [2.45, 2.75) is 44.1 Å². The van der Waals surface area contributed by atoms with E-state index in [0.29, 0.717) is 11.9 Å². The molecule has 0 amide bonds. The van der Waals surface area contributed by atoms with Crippen LogP contribution in [0.25, 0.3) is 0 Å². The molecule has 2 aliphatic rings. The van der Waals surface area contributed by atoms with Gasteiger partial charge in [-0.15, -0.1) is 0 Å². The largest absolute Gasteiger partial charge is 0.396 e. The van der Waals surface area contributed by atoms with Gasteiger partial charge in [-0.1, -0.05) is 49.6 Å². The highest BCUT2D eigenvalue weighted by Gasteiger charge is 2.46. The van der Waals surface area contributed by atoms with Crippen LogP contribution in [0.1, 0.15) is 44.1 Å². The highest BCUT2D eigenvalue weighted by atomic mass is 16.3. The highest BCUT2D eigenvalue weighted by Crippen LogP contribution is 2.45. The predicted octanol–water partition coefficient (Wildman–Crippen LogP) is 2.47. The van der Waals surface area contributed by atoms with E-state index in [9.17, 15) is 0 Å². The minimum atomic E-state index is -0.193. The smallest absolute Gasteiger partial charge is 0.192 e. The number of nitrogens with two attached hydrogens (primary N) is 1. The zero-order valence-corrected chi connectivity index (χ0v) is 13.2. The monoisotopic (exact) mass is 301 g/mol. The molecule has 1 unspecified atom stereocenters. The number of aliphatic hydroxyl groups excluding tert-OH is 1. The van der Waals surface area contributed by atoms with Crippen molar-refractivity contribution in [3.8, 4) is 0 Å². The molecule has 3 N–H and O–H groups in total. The van der Waals surface area contributed by atoms with Crippen LogP contribution in [0.2, 0.25) is 0 Å². The summed E-state index contributed by atoms with van der Waals surface area (Å²) in [4.78, 5) is 7.14. The summed E-state index contributed by atoms with van der Waals surface area (Å²) in [6.45, 7) is 1.84. The first kappa shape index (κ1) is 15.3. The fourth-order valence-corrected chi connectivity index (χ4v) is 4.06. The number of aliphatic imine (C=N–C) groups is 1. The van der Waals surface area contributed by atoms with E-state index in [0.717, 1.165) is 19.5 Å². The maximum absolute atomic E-state index is 9.10. The van der Waals surface area contributed by atoms with E-state index < -0.39 is 0 Å². The maximum atomic E-state index is 9.10. The lowest BCUT2D eigenvalue weighted by atomic mass is 9.71. The SMILES string of the molecule is NC1=NC(c2ccccc2)(C2CCCCC2)CN1CCCO.